The Bertz CT molecular complexity index is 718. The van der Waals surface area contributed by atoms with E-state index < -0.39 is 0 Å². The molecule has 0 aromatic heterocycles. The second-order valence-corrected chi connectivity index (χ2v) is 6.01. The van der Waals surface area contributed by atoms with Crippen molar-refractivity contribution < 1.29 is 9.59 Å². The van der Waals surface area contributed by atoms with Gasteiger partial charge in [0, 0.05) is 31.1 Å². The zero-order valence-electron chi connectivity index (χ0n) is 12.5. The van der Waals surface area contributed by atoms with Crippen LogP contribution in [-0.2, 0) is 4.79 Å². The molecule has 3 rings (SSSR count). The highest BCUT2D eigenvalue weighted by Crippen LogP contribution is 2.24. The van der Waals surface area contributed by atoms with Gasteiger partial charge >= 0.3 is 0 Å². The third-order valence-electron chi connectivity index (χ3n) is 3.94. The predicted molar refractivity (Wildman–Crippen MR) is 90.7 cm³/mol. The zero-order chi connectivity index (χ0) is 16.2. The molecule has 0 bridgehead atoms. The molecule has 1 unspecified atom stereocenters. The first-order valence-electron chi connectivity index (χ1n) is 7.53. The van der Waals surface area contributed by atoms with Crippen LogP contribution in [0.1, 0.15) is 16.8 Å². The van der Waals surface area contributed by atoms with Gasteiger partial charge in [-0.15, -0.1) is 0 Å². The number of hydrogen-bond acceptors (Lipinski definition) is 2. The lowest BCUT2D eigenvalue weighted by Gasteiger charge is -2.17. The Kier molecular flexibility index (Phi) is 4.63. The van der Waals surface area contributed by atoms with Gasteiger partial charge in [0.25, 0.3) is 5.91 Å². The summed E-state index contributed by atoms with van der Waals surface area (Å²) in [6.45, 7) is 1.07. The Morgan fingerprint density at radius 2 is 1.83 bits per heavy atom. The van der Waals surface area contributed by atoms with Crippen LogP contribution < -0.4 is 10.2 Å². The number of hydrogen-bond donors (Lipinski definition) is 1. The van der Waals surface area contributed by atoms with Gasteiger partial charge in [0.05, 0.1) is 10.6 Å². The van der Waals surface area contributed by atoms with Crippen LogP contribution >= 0.6 is 11.6 Å². The number of halogens is 1. The summed E-state index contributed by atoms with van der Waals surface area (Å²) < 4.78 is 0. The van der Waals surface area contributed by atoms with E-state index in [0.717, 1.165) is 5.69 Å². The Morgan fingerprint density at radius 1 is 1.13 bits per heavy atom. The van der Waals surface area contributed by atoms with Crippen molar-refractivity contribution in [2.24, 2.45) is 5.92 Å². The van der Waals surface area contributed by atoms with Crippen LogP contribution in [0.4, 0.5) is 5.69 Å². The van der Waals surface area contributed by atoms with E-state index in [1.807, 2.05) is 30.3 Å². The molecular formula is C18H17ClN2O2. The Hall–Kier alpha value is -2.33. The molecule has 118 valence electrons. The Labute approximate surface area is 140 Å². The van der Waals surface area contributed by atoms with Crippen molar-refractivity contribution in [3.05, 3.63) is 65.2 Å². The summed E-state index contributed by atoms with van der Waals surface area (Å²) in [5.74, 6) is -0.0106. The minimum absolute atomic E-state index is 0.0909. The Morgan fingerprint density at radius 3 is 2.57 bits per heavy atom. The topological polar surface area (TPSA) is 49.4 Å². The number of anilines is 1. The van der Waals surface area contributed by atoms with Gasteiger partial charge in [0.15, 0.2) is 0 Å². The summed E-state index contributed by atoms with van der Waals surface area (Å²) in [7, 11) is 0. The fourth-order valence-electron chi connectivity index (χ4n) is 2.75. The minimum atomic E-state index is -0.207. The number of amides is 2. The molecule has 1 saturated heterocycles. The van der Waals surface area contributed by atoms with Gasteiger partial charge in [-0.3, -0.25) is 9.59 Å². The maximum atomic E-state index is 12.2. The number of para-hydroxylation sites is 1. The first-order chi connectivity index (χ1) is 11.1. The van der Waals surface area contributed by atoms with Crippen LogP contribution in [0, 0.1) is 5.92 Å². The van der Waals surface area contributed by atoms with Crippen LogP contribution in [0.2, 0.25) is 5.02 Å². The fourth-order valence-corrected chi connectivity index (χ4v) is 2.97. The van der Waals surface area contributed by atoms with Crippen LogP contribution in [0.25, 0.3) is 0 Å². The lowest BCUT2D eigenvalue weighted by Crippen LogP contribution is -2.31. The molecule has 23 heavy (non-hydrogen) atoms. The van der Waals surface area contributed by atoms with Gasteiger partial charge < -0.3 is 10.2 Å². The average molecular weight is 329 g/mol. The van der Waals surface area contributed by atoms with E-state index in [9.17, 15) is 9.59 Å². The van der Waals surface area contributed by atoms with Gasteiger partial charge in [0.1, 0.15) is 0 Å². The first kappa shape index (κ1) is 15.6. The van der Waals surface area contributed by atoms with E-state index in [2.05, 4.69) is 5.32 Å². The highest BCUT2D eigenvalue weighted by molar-refractivity contribution is 6.33. The van der Waals surface area contributed by atoms with Crippen molar-refractivity contribution in [2.45, 2.75) is 6.42 Å². The summed E-state index contributed by atoms with van der Waals surface area (Å²) in [4.78, 5) is 26.1. The van der Waals surface area contributed by atoms with Gasteiger partial charge in [0.2, 0.25) is 5.91 Å². The van der Waals surface area contributed by atoms with Gasteiger partial charge in [-0.2, -0.15) is 0 Å². The molecule has 1 fully saturated rings. The van der Waals surface area contributed by atoms with Crippen molar-refractivity contribution in [3.63, 3.8) is 0 Å². The third kappa shape index (κ3) is 3.54. The summed E-state index contributed by atoms with van der Waals surface area (Å²) in [6.07, 6.45) is 0.442. The lowest BCUT2D eigenvalue weighted by molar-refractivity contribution is -0.117. The molecule has 5 heteroatoms. The van der Waals surface area contributed by atoms with Crippen molar-refractivity contribution in [3.8, 4) is 0 Å². The normalized spacial score (nSPS) is 17.3. The van der Waals surface area contributed by atoms with E-state index in [1.165, 1.54) is 0 Å². The molecule has 0 saturated carbocycles. The van der Waals surface area contributed by atoms with E-state index in [0.29, 0.717) is 30.1 Å². The standard InChI is InChI=1S/C18H17ClN2O2/c19-16-9-5-4-8-15(16)18(23)20-11-13-10-17(22)21(12-13)14-6-2-1-3-7-14/h1-9,13H,10-12H2,(H,20,23). The minimum Gasteiger partial charge on any atom is -0.352 e. The third-order valence-corrected chi connectivity index (χ3v) is 4.27. The first-order valence-corrected chi connectivity index (χ1v) is 7.91. The molecule has 2 aromatic carbocycles. The number of benzene rings is 2. The second kappa shape index (κ2) is 6.84. The Balaban J connectivity index is 1.59. The number of carbonyl (C=O) groups excluding carboxylic acids is 2. The molecule has 1 heterocycles. The van der Waals surface area contributed by atoms with E-state index in [4.69, 9.17) is 11.6 Å². The number of rotatable bonds is 4. The van der Waals surface area contributed by atoms with Crippen LogP contribution in [0.15, 0.2) is 54.6 Å². The van der Waals surface area contributed by atoms with E-state index in [1.54, 1.807) is 29.2 Å². The van der Waals surface area contributed by atoms with Gasteiger partial charge in [-0.05, 0) is 24.3 Å². The van der Waals surface area contributed by atoms with Gasteiger partial charge in [-0.25, -0.2) is 0 Å². The monoisotopic (exact) mass is 328 g/mol. The van der Waals surface area contributed by atoms with Crippen LogP contribution in [-0.4, -0.2) is 24.9 Å². The molecule has 0 radical (unpaired) electrons. The highest BCUT2D eigenvalue weighted by Gasteiger charge is 2.30. The molecule has 1 aliphatic heterocycles. The molecule has 1 aliphatic rings. The molecule has 0 aliphatic carbocycles. The molecule has 1 atom stereocenters. The number of nitrogens with zero attached hydrogens (tertiary/aromatic N) is 1. The van der Waals surface area contributed by atoms with E-state index >= 15 is 0 Å². The largest absolute Gasteiger partial charge is 0.352 e. The van der Waals surface area contributed by atoms with Crippen molar-refractivity contribution in [2.75, 3.05) is 18.0 Å². The lowest BCUT2D eigenvalue weighted by atomic mass is 10.1. The van der Waals surface area contributed by atoms with Crippen molar-refractivity contribution >= 4 is 29.1 Å². The van der Waals surface area contributed by atoms with E-state index in [-0.39, 0.29) is 17.7 Å². The summed E-state index contributed by atoms with van der Waals surface area (Å²) in [5.41, 5.74) is 1.36. The van der Waals surface area contributed by atoms with Crippen LogP contribution in [0.5, 0.6) is 0 Å². The van der Waals surface area contributed by atoms with Crippen molar-refractivity contribution in [1.29, 1.82) is 0 Å². The zero-order valence-corrected chi connectivity index (χ0v) is 13.3. The molecular weight excluding hydrogens is 312 g/mol. The predicted octanol–water partition coefficient (Wildman–Crippen LogP) is 3.12. The molecule has 0 spiro atoms. The summed E-state index contributed by atoms with van der Waals surface area (Å²) in [5, 5.41) is 3.30. The quantitative estimate of drug-likeness (QED) is 0.937. The van der Waals surface area contributed by atoms with Crippen LogP contribution in [0.3, 0.4) is 0 Å². The molecule has 1 N–H and O–H groups in total. The van der Waals surface area contributed by atoms with Crippen molar-refractivity contribution in [1.82, 2.24) is 5.32 Å². The average Bonchev–Trinajstić information content (AvgIpc) is 2.95. The van der Waals surface area contributed by atoms with Gasteiger partial charge in [-0.1, -0.05) is 41.9 Å². The molecule has 4 nitrogen and oxygen atoms in total. The second-order valence-electron chi connectivity index (χ2n) is 5.60. The molecule has 2 aromatic rings. The smallest absolute Gasteiger partial charge is 0.252 e. The number of nitrogens with one attached hydrogen (secondary N) is 1. The maximum absolute atomic E-state index is 12.2. The SMILES string of the molecule is O=C(NCC1CC(=O)N(c2ccccc2)C1)c1ccccc1Cl. The maximum Gasteiger partial charge on any atom is 0.252 e. The number of carbonyl (C=O) groups is 2. The highest BCUT2D eigenvalue weighted by atomic mass is 35.5. The fraction of sp³-hybridized carbons (Fsp3) is 0.222. The summed E-state index contributed by atoms with van der Waals surface area (Å²) >= 11 is 6.02. The summed E-state index contributed by atoms with van der Waals surface area (Å²) in [6, 6.07) is 16.5. The molecule has 2 amide bonds.